The Balaban J connectivity index is 1.70. The average molecular weight is 292 g/mol. The molecule has 2 aliphatic rings. The summed E-state index contributed by atoms with van der Waals surface area (Å²) in [5.41, 5.74) is 0. The molecule has 21 heavy (non-hydrogen) atoms. The van der Waals surface area contributed by atoms with Gasteiger partial charge in [-0.15, -0.1) is 0 Å². The first-order valence-corrected chi connectivity index (χ1v) is 7.46. The molecular weight excluding hydrogens is 272 g/mol. The van der Waals surface area contributed by atoms with Crippen LogP contribution in [0.4, 0.5) is 4.79 Å². The number of furan rings is 1. The van der Waals surface area contributed by atoms with Gasteiger partial charge in [0, 0.05) is 18.6 Å². The molecule has 2 amide bonds. The standard InChI is InChI=1S/C15H20N2O4/c18-14(19)9-12-3-1-7-16(12)15(20)17(11-5-6-11)10-13-4-2-8-21-13/h2,4,8,11-12H,1,3,5-7,9-10H2,(H,18,19). The van der Waals surface area contributed by atoms with Crippen LogP contribution in [0.25, 0.3) is 0 Å². The number of hydrogen-bond donors (Lipinski definition) is 1. The van der Waals surface area contributed by atoms with Crippen molar-refractivity contribution in [3.8, 4) is 0 Å². The van der Waals surface area contributed by atoms with Gasteiger partial charge in [0.2, 0.25) is 0 Å². The first-order chi connectivity index (χ1) is 10.1. The van der Waals surface area contributed by atoms with Crippen molar-refractivity contribution in [1.82, 2.24) is 9.80 Å². The Labute approximate surface area is 123 Å². The van der Waals surface area contributed by atoms with Crippen LogP contribution in [0.5, 0.6) is 0 Å². The van der Waals surface area contributed by atoms with E-state index in [1.807, 2.05) is 17.0 Å². The molecule has 0 spiro atoms. The Morgan fingerprint density at radius 3 is 2.81 bits per heavy atom. The largest absolute Gasteiger partial charge is 0.481 e. The quantitative estimate of drug-likeness (QED) is 0.903. The molecule has 1 atom stereocenters. The second-order valence-corrected chi connectivity index (χ2v) is 5.81. The van der Waals surface area contributed by atoms with E-state index in [0.717, 1.165) is 31.4 Å². The fraction of sp³-hybridized carbons (Fsp3) is 0.600. The molecule has 0 bridgehead atoms. The average Bonchev–Trinajstić information content (AvgIpc) is 2.97. The highest BCUT2D eigenvalue weighted by atomic mass is 16.4. The summed E-state index contributed by atoms with van der Waals surface area (Å²) < 4.78 is 5.34. The molecule has 1 N–H and O–H groups in total. The summed E-state index contributed by atoms with van der Waals surface area (Å²) in [5.74, 6) is -0.0760. The lowest BCUT2D eigenvalue weighted by atomic mass is 10.1. The van der Waals surface area contributed by atoms with Crippen LogP contribution in [0.15, 0.2) is 22.8 Å². The number of carbonyl (C=O) groups is 2. The van der Waals surface area contributed by atoms with E-state index >= 15 is 0 Å². The van der Waals surface area contributed by atoms with Crippen LogP contribution in [0, 0.1) is 0 Å². The molecule has 2 heterocycles. The fourth-order valence-electron chi connectivity index (χ4n) is 2.98. The number of rotatable bonds is 5. The Morgan fingerprint density at radius 2 is 2.19 bits per heavy atom. The lowest BCUT2D eigenvalue weighted by molar-refractivity contribution is -0.138. The highest BCUT2D eigenvalue weighted by molar-refractivity contribution is 5.77. The first-order valence-electron chi connectivity index (χ1n) is 7.46. The Hall–Kier alpha value is -1.98. The van der Waals surface area contributed by atoms with Gasteiger partial charge in [0.25, 0.3) is 0 Å². The number of aliphatic carboxylic acids is 1. The molecule has 114 valence electrons. The summed E-state index contributed by atoms with van der Waals surface area (Å²) in [5, 5.41) is 8.97. The molecular formula is C15H20N2O4. The maximum atomic E-state index is 12.8. The minimum absolute atomic E-state index is 0.0327. The molecule has 1 aliphatic carbocycles. The molecule has 3 rings (SSSR count). The zero-order valence-corrected chi connectivity index (χ0v) is 11.9. The molecule has 0 aromatic carbocycles. The highest BCUT2D eigenvalue weighted by Crippen LogP contribution is 2.31. The first kappa shape index (κ1) is 14.0. The molecule has 1 aromatic rings. The topological polar surface area (TPSA) is 74.0 Å². The molecule has 6 heteroatoms. The summed E-state index contributed by atoms with van der Waals surface area (Å²) in [6.07, 6.45) is 5.33. The van der Waals surface area contributed by atoms with Crippen molar-refractivity contribution in [1.29, 1.82) is 0 Å². The Morgan fingerprint density at radius 1 is 1.38 bits per heavy atom. The minimum atomic E-state index is -0.844. The molecule has 1 unspecified atom stereocenters. The van der Waals surface area contributed by atoms with E-state index in [9.17, 15) is 9.59 Å². The summed E-state index contributed by atoms with van der Waals surface area (Å²) in [4.78, 5) is 27.3. The number of carboxylic acids is 1. The van der Waals surface area contributed by atoms with Gasteiger partial charge in [-0.3, -0.25) is 4.79 Å². The number of hydrogen-bond acceptors (Lipinski definition) is 3. The van der Waals surface area contributed by atoms with Crippen LogP contribution in [0.3, 0.4) is 0 Å². The van der Waals surface area contributed by atoms with Crippen molar-refractivity contribution >= 4 is 12.0 Å². The molecule has 0 radical (unpaired) electrons. The third-order valence-electron chi connectivity index (χ3n) is 4.17. The number of carbonyl (C=O) groups excluding carboxylic acids is 1. The van der Waals surface area contributed by atoms with Crippen molar-refractivity contribution < 1.29 is 19.1 Å². The maximum absolute atomic E-state index is 12.8. The lowest BCUT2D eigenvalue weighted by Crippen LogP contribution is -2.46. The van der Waals surface area contributed by atoms with Crippen molar-refractivity contribution in [2.45, 2.75) is 50.7 Å². The number of amides is 2. The predicted octanol–water partition coefficient (Wildman–Crippen LogP) is 2.30. The van der Waals surface area contributed by atoms with Crippen LogP contribution in [-0.4, -0.2) is 45.5 Å². The van der Waals surface area contributed by atoms with Gasteiger partial charge in [-0.2, -0.15) is 0 Å². The van der Waals surface area contributed by atoms with Gasteiger partial charge in [0.15, 0.2) is 0 Å². The fourth-order valence-corrected chi connectivity index (χ4v) is 2.98. The summed E-state index contributed by atoms with van der Waals surface area (Å²) >= 11 is 0. The van der Waals surface area contributed by atoms with Crippen molar-refractivity contribution in [2.24, 2.45) is 0 Å². The van der Waals surface area contributed by atoms with Crippen molar-refractivity contribution in [3.05, 3.63) is 24.2 Å². The number of nitrogens with zero attached hydrogens (tertiary/aromatic N) is 2. The zero-order valence-electron chi connectivity index (χ0n) is 11.9. The second kappa shape index (κ2) is 5.79. The summed E-state index contributed by atoms with van der Waals surface area (Å²) in [7, 11) is 0. The Bertz CT molecular complexity index is 510. The normalized spacial score (nSPS) is 21.5. The van der Waals surface area contributed by atoms with Gasteiger partial charge < -0.3 is 19.3 Å². The third kappa shape index (κ3) is 3.20. The molecule has 1 aliphatic heterocycles. The van der Waals surface area contributed by atoms with E-state index in [2.05, 4.69) is 0 Å². The summed E-state index contributed by atoms with van der Waals surface area (Å²) in [6, 6.07) is 3.73. The van der Waals surface area contributed by atoms with E-state index in [1.54, 1.807) is 11.2 Å². The van der Waals surface area contributed by atoms with Crippen LogP contribution >= 0.6 is 0 Å². The number of likely N-dealkylation sites (tertiary alicyclic amines) is 1. The van der Waals surface area contributed by atoms with Gasteiger partial charge in [-0.1, -0.05) is 0 Å². The smallest absolute Gasteiger partial charge is 0.320 e. The van der Waals surface area contributed by atoms with Crippen molar-refractivity contribution in [2.75, 3.05) is 6.54 Å². The number of urea groups is 1. The van der Waals surface area contributed by atoms with E-state index in [1.165, 1.54) is 0 Å². The van der Waals surface area contributed by atoms with Gasteiger partial charge in [0.05, 0.1) is 19.2 Å². The van der Waals surface area contributed by atoms with Gasteiger partial charge in [-0.05, 0) is 37.8 Å². The Kier molecular flexibility index (Phi) is 3.86. The molecule has 6 nitrogen and oxygen atoms in total. The zero-order chi connectivity index (χ0) is 14.8. The predicted molar refractivity (Wildman–Crippen MR) is 74.6 cm³/mol. The van der Waals surface area contributed by atoms with Crippen LogP contribution in [0.1, 0.15) is 37.9 Å². The highest BCUT2D eigenvalue weighted by Gasteiger charge is 2.39. The van der Waals surface area contributed by atoms with E-state index in [-0.39, 0.29) is 24.5 Å². The molecule has 1 saturated carbocycles. The van der Waals surface area contributed by atoms with E-state index in [0.29, 0.717) is 13.1 Å². The number of carboxylic acid groups (broad SMARTS) is 1. The molecule has 1 saturated heterocycles. The maximum Gasteiger partial charge on any atom is 0.320 e. The van der Waals surface area contributed by atoms with Gasteiger partial charge in [-0.25, -0.2) is 4.79 Å². The van der Waals surface area contributed by atoms with Crippen molar-refractivity contribution in [3.63, 3.8) is 0 Å². The van der Waals surface area contributed by atoms with E-state index < -0.39 is 5.97 Å². The minimum Gasteiger partial charge on any atom is -0.481 e. The molecule has 2 fully saturated rings. The SMILES string of the molecule is O=C(O)CC1CCCN1C(=O)N(Cc1ccco1)C1CC1. The summed E-state index contributed by atoms with van der Waals surface area (Å²) in [6.45, 7) is 1.12. The second-order valence-electron chi connectivity index (χ2n) is 5.81. The van der Waals surface area contributed by atoms with Crippen LogP contribution in [-0.2, 0) is 11.3 Å². The van der Waals surface area contributed by atoms with Gasteiger partial charge in [0.1, 0.15) is 5.76 Å². The third-order valence-corrected chi connectivity index (χ3v) is 4.17. The van der Waals surface area contributed by atoms with Gasteiger partial charge >= 0.3 is 12.0 Å². The van der Waals surface area contributed by atoms with E-state index in [4.69, 9.17) is 9.52 Å². The molecule has 1 aromatic heterocycles. The lowest BCUT2D eigenvalue weighted by Gasteiger charge is -2.31. The van der Waals surface area contributed by atoms with Crippen LogP contribution in [0.2, 0.25) is 0 Å². The monoisotopic (exact) mass is 292 g/mol. The van der Waals surface area contributed by atoms with Crippen LogP contribution < -0.4 is 0 Å².